The number of halogens is 3. The van der Waals surface area contributed by atoms with Crippen LogP contribution in [0.1, 0.15) is 35.1 Å². The van der Waals surface area contributed by atoms with Gasteiger partial charge in [0.1, 0.15) is 11.7 Å². The van der Waals surface area contributed by atoms with Crippen LogP contribution < -0.4 is 15.4 Å². The van der Waals surface area contributed by atoms with Crippen molar-refractivity contribution in [3.63, 3.8) is 0 Å². The fourth-order valence-corrected chi connectivity index (χ4v) is 3.92. The lowest BCUT2D eigenvalue weighted by molar-refractivity contribution is -0.287. The Hall–Kier alpha value is -2.59. The number of rotatable bonds is 5. The molecule has 2 aromatic rings. The summed E-state index contributed by atoms with van der Waals surface area (Å²) in [5, 5.41) is 15.9. The van der Waals surface area contributed by atoms with Gasteiger partial charge in [0.25, 0.3) is 0 Å². The molecule has 2 amide bonds. The van der Waals surface area contributed by atoms with Gasteiger partial charge in [-0.05, 0) is 43.0 Å². The van der Waals surface area contributed by atoms with Crippen LogP contribution in [-0.4, -0.2) is 34.9 Å². The van der Waals surface area contributed by atoms with E-state index in [4.69, 9.17) is 4.74 Å². The third-order valence-corrected chi connectivity index (χ3v) is 5.35. The first-order chi connectivity index (χ1) is 13.5. The van der Waals surface area contributed by atoms with Gasteiger partial charge in [0, 0.05) is 0 Å². The van der Waals surface area contributed by atoms with Crippen LogP contribution in [0.3, 0.4) is 0 Å². The number of nitrogens with one attached hydrogen (secondary N) is 2. The first-order valence-electron chi connectivity index (χ1n) is 8.75. The number of alkyl halides is 3. The third kappa shape index (κ3) is 4.08. The molecule has 1 fully saturated rings. The van der Waals surface area contributed by atoms with Gasteiger partial charge < -0.3 is 20.5 Å². The Bertz CT molecular complexity index is 884. The van der Waals surface area contributed by atoms with Gasteiger partial charge in [-0.2, -0.15) is 13.2 Å². The minimum atomic E-state index is -5.28. The second-order valence-corrected chi connectivity index (χ2v) is 7.84. The number of benzene rings is 1. The normalized spacial score (nSPS) is 24.7. The number of aliphatic hydroxyl groups is 1. The Morgan fingerprint density at radius 2 is 1.90 bits per heavy atom. The number of ether oxygens (including phenoxy) is 1. The molecule has 10 heteroatoms. The molecule has 1 aromatic carbocycles. The van der Waals surface area contributed by atoms with E-state index in [0.29, 0.717) is 5.75 Å². The van der Waals surface area contributed by atoms with E-state index in [2.05, 4.69) is 5.32 Å². The fraction of sp³-hybridized carbons (Fsp3) is 0.368. The van der Waals surface area contributed by atoms with Gasteiger partial charge in [-0.15, -0.1) is 11.3 Å². The van der Waals surface area contributed by atoms with Gasteiger partial charge in [-0.3, -0.25) is 4.79 Å². The van der Waals surface area contributed by atoms with Crippen molar-refractivity contribution in [3.05, 3.63) is 52.2 Å². The highest BCUT2D eigenvalue weighted by Gasteiger charge is 2.66. The van der Waals surface area contributed by atoms with Crippen LogP contribution in [-0.2, 0) is 0 Å². The molecular formula is C19H19F3N2O4S. The minimum Gasteiger partial charge on any atom is -0.491 e. The molecule has 1 saturated heterocycles. The summed E-state index contributed by atoms with van der Waals surface area (Å²) in [6, 6.07) is 6.24. The lowest BCUT2D eigenvalue weighted by Crippen LogP contribution is -2.72. The van der Waals surface area contributed by atoms with Gasteiger partial charge >= 0.3 is 12.2 Å². The van der Waals surface area contributed by atoms with E-state index in [-0.39, 0.29) is 16.5 Å². The Morgan fingerprint density at radius 3 is 2.41 bits per heavy atom. The largest absolute Gasteiger partial charge is 0.491 e. The number of hydrogen-bond donors (Lipinski definition) is 3. The van der Waals surface area contributed by atoms with Crippen molar-refractivity contribution in [2.75, 3.05) is 0 Å². The van der Waals surface area contributed by atoms with E-state index < -0.39 is 35.7 Å². The number of urea groups is 1. The molecular weight excluding hydrogens is 409 g/mol. The highest BCUT2D eigenvalue weighted by Crippen LogP contribution is 2.44. The summed E-state index contributed by atoms with van der Waals surface area (Å²) in [5.74, 6) is -2.48. The molecule has 3 N–H and O–H groups in total. The highest BCUT2D eigenvalue weighted by molar-refractivity contribution is 7.12. The number of carbonyl (C=O) groups excluding carboxylic acids is 2. The standard InChI is InChI=1S/C19H19F3N2O4S/c1-10(2)28-12-7-5-11(6-8-12)15-14(16(25)13-4-3-9-29-13)18(27,19(20,21)22)24-17(26)23-15/h3-10,14-15,27H,1-2H3,(H2,23,24,26). The van der Waals surface area contributed by atoms with Crippen LogP contribution in [0.5, 0.6) is 5.75 Å². The number of ketones is 1. The number of carbonyl (C=O) groups is 2. The summed E-state index contributed by atoms with van der Waals surface area (Å²) in [5.41, 5.74) is -3.50. The second kappa shape index (κ2) is 7.68. The Balaban J connectivity index is 2.06. The van der Waals surface area contributed by atoms with Crippen molar-refractivity contribution in [2.45, 2.75) is 37.9 Å². The number of amides is 2. The van der Waals surface area contributed by atoms with Gasteiger partial charge in [0.15, 0.2) is 5.78 Å². The van der Waals surface area contributed by atoms with Crippen LogP contribution in [0, 0.1) is 5.92 Å². The van der Waals surface area contributed by atoms with Gasteiger partial charge in [0.2, 0.25) is 5.72 Å². The molecule has 0 radical (unpaired) electrons. The fourth-order valence-electron chi connectivity index (χ4n) is 3.21. The summed E-state index contributed by atoms with van der Waals surface area (Å²) in [4.78, 5) is 25.0. The van der Waals surface area contributed by atoms with Crippen LogP contribution >= 0.6 is 11.3 Å². The Labute approximate surface area is 168 Å². The summed E-state index contributed by atoms with van der Waals surface area (Å²) in [6.07, 6.45) is -5.38. The molecule has 0 spiro atoms. The molecule has 156 valence electrons. The van der Waals surface area contributed by atoms with E-state index >= 15 is 0 Å². The molecule has 2 heterocycles. The van der Waals surface area contributed by atoms with Gasteiger partial charge in [-0.25, -0.2) is 4.79 Å². The predicted octanol–water partition coefficient (Wildman–Crippen LogP) is 3.64. The monoisotopic (exact) mass is 428 g/mol. The molecule has 1 aliphatic rings. The van der Waals surface area contributed by atoms with E-state index in [1.54, 1.807) is 5.38 Å². The predicted molar refractivity (Wildman–Crippen MR) is 99.8 cm³/mol. The number of thiophene rings is 1. The van der Waals surface area contributed by atoms with Crippen LogP contribution in [0.25, 0.3) is 0 Å². The maximum Gasteiger partial charge on any atom is 0.437 e. The molecule has 1 aromatic heterocycles. The zero-order valence-electron chi connectivity index (χ0n) is 15.5. The third-order valence-electron chi connectivity index (χ3n) is 4.46. The van der Waals surface area contributed by atoms with Crippen molar-refractivity contribution < 1.29 is 32.6 Å². The van der Waals surface area contributed by atoms with Crippen molar-refractivity contribution in [3.8, 4) is 5.75 Å². The summed E-state index contributed by atoms with van der Waals surface area (Å²) in [7, 11) is 0. The molecule has 0 saturated carbocycles. The van der Waals surface area contributed by atoms with Crippen molar-refractivity contribution >= 4 is 23.2 Å². The van der Waals surface area contributed by atoms with E-state index in [1.807, 2.05) is 13.8 Å². The van der Waals surface area contributed by atoms with E-state index in [0.717, 1.165) is 11.3 Å². The average Bonchev–Trinajstić information content (AvgIpc) is 3.14. The first-order valence-corrected chi connectivity index (χ1v) is 9.63. The SMILES string of the molecule is CC(C)Oc1ccc(C2NC(=O)NC(O)(C(F)(F)F)C2C(=O)c2cccs2)cc1. The average molecular weight is 428 g/mol. The molecule has 3 rings (SSSR count). The Morgan fingerprint density at radius 1 is 1.24 bits per heavy atom. The number of hydrogen-bond acceptors (Lipinski definition) is 5. The molecule has 3 atom stereocenters. The zero-order valence-corrected chi connectivity index (χ0v) is 16.3. The maximum atomic E-state index is 13.8. The Kier molecular flexibility index (Phi) is 5.59. The summed E-state index contributed by atoms with van der Waals surface area (Å²) < 4.78 is 46.9. The van der Waals surface area contributed by atoms with Crippen LogP contribution in [0.15, 0.2) is 41.8 Å². The topological polar surface area (TPSA) is 87.7 Å². The zero-order chi connectivity index (χ0) is 21.4. The molecule has 1 aliphatic heterocycles. The van der Waals surface area contributed by atoms with Crippen molar-refractivity contribution in [1.82, 2.24) is 10.6 Å². The molecule has 29 heavy (non-hydrogen) atoms. The highest BCUT2D eigenvalue weighted by atomic mass is 32.1. The van der Waals surface area contributed by atoms with Gasteiger partial charge in [0.05, 0.1) is 17.0 Å². The first kappa shape index (κ1) is 21.1. The molecule has 0 bridgehead atoms. The van der Waals surface area contributed by atoms with Gasteiger partial charge in [-0.1, -0.05) is 18.2 Å². The summed E-state index contributed by atoms with van der Waals surface area (Å²) >= 11 is 0.955. The molecule has 3 unspecified atom stereocenters. The maximum absolute atomic E-state index is 13.8. The second-order valence-electron chi connectivity index (χ2n) is 6.90. The van der Waals surface area contributed by atoms with Crippen LogP contribution in [0.4, 0.5) is 18.0 Å². The molecule has 6 nitrogen and oxygen atoms in total. The molecule has 0 aliphatic carbocycles. The van der Waals surface area contributed by atoms with E-state index in [9.17, 15) is 27.9 Å². The summed E-state index contributed by atoms with van der Waals surface area (Å²) in [6.45, 7) is 3.64. The smallest absolute Gasteiger partial charge is 0.437 e. The van der Waals surface area contributed by atoms with Crippen molar-refractivity contribution in [2.24, 2.45) is 5.92 Å². The van der Waals surface area contributed by atoms with Crippen molar-refractivity contribution in [1.29, 1.82) is 0 Å². The number of Topliss-reactive ketones (excluding diaryl/α,β-unsaturated/α-hetero) is 1. The minimum absolute atomic E-state index is 0.0420. The quantitative estimate of drug-likeness (QED) is 0.635. The van der Waals surface area contributed by atoms with Crippen LogP contribution in [0.2, 0.25) is 0 Å². The lowest BCUT2D eigenvalue weighted by Gasteiger charge is -2.44. The van der Waals surface area contributed by atoms with E-state index in [1.165, 1.54) is 41.7 Å². The lowest BCUT2D eigenvalue weighted by atomic mass is 9.78.